The summed E-state index contributed by atoms with van der Waals surface area (Å²) < 4.78 is 1.47. The lowest BCUT2D eigenvalue weighted by Gasteiger charge is -2.01. The van der Waals surface area contributed by atoms with E-state index in [0.29, 0.717) is 0 Å². The van der Waals surface area contributed by atoms with Gasteiger partial charge in [0.2, 0.25) is 6.20 Å². The van der Waals surface area contributed by atoms with Gasteiger partial charge in [-0.3, -0.25) is 0 Å². The second-order valence-corrected chi connectivity index (χ2v) is 3.87. The van der Waals surface area contributed by atoms with Gasteiger partial charge in [0.05, 0.1) is 0 Å². The quantitative estimate of drug-likeness (QED) is 0.769. The van der Waals surface area contributed by atoms with Crippen LogP contribution < -0.4 is 4.68 Å². The number of carboxylic acid groups (broad SMARTS) is 1. The fourth-order valence-electron chi connectivity index (χ4n) is 1.78. The molecule has 0 amide bonds. The molecule has 1 aromatic carbocycles. The van der Waals surface area contributed by atoms with Crippen LogP contribution >= 0.6 is 0 Å². The number of nitrogens with zero attached hydrogens (tertiary/aromatic N) is 2. The van der Waals surface area contributed by atoms with Crippen molar-refractivity contribution in [1.29, 1.82) is 0 Å². The summed E-state index contributed by atoms with van der Waals surface area (Å²) in [6, 6.07) is 5.95. The van der Waals surface area contributed by atoms with E-state index < -0.39 is 5.97 Å². The Morgan fingerprint density at radius 3 is 2.81 bits per heavy atom. The monoisotopic (exact) mass is 217 g/mol. The Morgan fingerprint density at radius 1 is 1.38 bits per heavy atom. The Kier molecular flexibility index (Phi) is 2.56. The highest BCUT2D eigenvalue weighted by Gasteiger charge is 2.13. The molecule has 1 N–H and O–H groups in total. The van der Waals surface area contributed by atoms with Crippen LogP contribution in [0.5, 0.6) is 0 Å². The van der Waals surface area contributed by atoms with Gasteiger partial charge in [-0.05, 0) is 19.4 Å². The number of hydrogen-bond donors (Lipinski definition) is 1. The molecule has 2 aromatic rings. The summed E-state index contributed by atoms with van der Waals surface area (Å²) in [6.45, 7) is 3.83. The first-order valence-corrected chi connectivity index (χ1v) is 5.06. The van der Waals surface area contributed by atoms with Gasteiger partial charge in [-0.25, -0.2) is 4.79 Å². The van der Waals surface area contributed by atoms with E-state index in [1.54, 1.807) is 6.20 Å². The summed E-state index contributed by atoms with van der Waals surface area (Å²) in [5, 5.41) is 14.1. The molecule has 2 rings (SSSR count). The van der Waals surface area contributed by atoms with Crippen LogP contribution in [0, 0.1) is 13.8 Å². The van der Waals surface area contributed by atoms with Gasteiger partial charge in [-0.2, -0.15) is 0 Å². The van der Waals surface area contributed by atoms with E-state index in [1.807, 2.05) is 32.0 Å². The number of hydrogen-bond acceptors (Lipinski definition) is 2. The van der Waals surface area contributed by atoms with E-state index in [4.69, 9.17) is 5.11 Å². The Balaban J connectivity index is 2.65. The molecule has 0 unspecified atom stereocenters. The maximum absolute atomic E-state index is 10.6. The number of rotatable bonds is 2. The first-order valence-electron chi connectivity index (χ1n) is 5.06. The molecule has 1 aromatic heterocycles. The largest absolute Gasteiger partial charge is 0.476 e. The third kappa shape index (κ3) is 1.86. The summed E-state index contributed by atoms with van der Waals surface area (Å²) in [6.07, 6.45) is 1.76. The van der Waals surface area contributed by atoms with Gasteiger partial charge in [0, 0.05) is 16.0 Å². The van der Waals surface area contributed by atoms with Crippen molar-refractivity contribution in [3.8, 4) is 0 Å². The molecule has 0 aliphatic heterocycles. The topological polar surface area (TPSA) is 54.1 Å². The minimum Gasteiger partial charge on any atom is -0.476 e. The predicted octanol–water partition coefficient (Wildman–Crippen LogP) is 1.22. The molecule has 4 nitrogen and oxygen atoms in total. The van der Waals surface area contributed by atoms with Crippen LogP contribution in [0.15, 0.2) is 24.4 Å². The average Bonchev–Trinajstić information content (AvgIpc) is 2.19. The lowest BCUT2D eigenvalue weighted by molar-refractivity contribution is -0.741. The van der Waals surface area contributed by atoms with Crippen molar-refractivity contribution >= 4 is 16.9 Å². The zero-order valence-corrected chi connectivity index (χ0v) is 9.27. The number of aromatic nitrogens is 2. The molecule has 0 spiro atoms. The molecule has 0 bridgehead atoms. The number of carbonyl (C=O) groups is 1. The van der Waals surface area contributed by atoms with Gasteiger partial charge in [0.1, 0.15) is 5.52 Å². The lowest BCUT2D eigenvalue weighted by atomic mass is 10.1. The lowest BCUT2D eigenvalue weighted by Crippen LogP contribution is -2.41. The van der Waals surface area contributed by atoms with Crippen LogP contribution in [0.25, 0.3) is 10.9 Å². The third-order valence-corrected chi connectivity index (χ3v) is 2.53. The van der Waals surface area contributed by atoms with Gasteiger partial charge in [-0.15, -0.1) is 0 Å². The standard InChI is InChI=1S/C12H12N2O2/c1-8-4-3-5-10-9(2)6-14(7-11(15)16)13-12(8)10/h3-6H,7H2,1-2H3/p+1. The van der Waals surface area contributed by atoms with Crippen molar-refractivity contribution in [1.82, 2.24) is 5.10 Å². The molecule has 16 heavy (non-hydrogen) atoms. The van der Waals surface area contributed by atoms with Crippen LogP contribution in [-0.2, 0) is 11.3 Å². The molecule has 4 heteroatoms. The Hall–Kier alpha value is -1.97. The first-order chi connectivity index (χ1) is 7.58. The second kappa shape index (κ2) is 3.89. The maximum atomic E-state index is 10.6. The summed E-state index contributed by atoms with van der Waals surface area (Å²) in [7, 11) is 0. The smallest absolute Gasteiger partial charge is 0.372 e. The highest BCUT2D eigenvalue weighted by molar-refractivity contribution is 5.83. The zero-order chi connectivity index (χ0) is 11.7. The first kappa shape index (κ1) is 10.5. The third-order valence-electron chi connectivity index (χ3n) is 2.53. The Bertz CT molecular complexity index is 564. The number of benzene rings is 1. The molecule has 0 fully saturated rings. The molecule has 0 aliphatic carbocycles. The highest BCUT2D eigenvalue weighted by Crippen LogP contribution is 2.16. The van der Waals surface area contributed by atoms with E-state index in [1.165, 1.54) is 4.68 Å². The summed E-state index contributed by atoms with van der Waals surface area (Å²) in [5.74, 6) is -0.884. The number of fused-ring (bicyclic) bond motifs is 1. The minimum atomic E-state index is -0.884. The van der Waals surface area contributed by atoms with E-state index >= 15 is 0 Å². The molecule has 0 aliphatic rings. The van der Waals surface area contributed by atoms with Crippen molar-refractivity contribution in [3.63, 3.8) is 0 Å². The van der Waals surface area contributed by atoms with Crippen LogP contribution in [0.1, 0.15) is 11.1 Å². The zero-order valence-electron chi connectivity index (χ0n) is 9.27. The second-order valence-electron chi connectivity index (χ2n) is 3.87. The minimum absolute atomic E-state index is 0.106. The van der Waals surface area contributed by atoms with Crippen molar-refractivity contribution < 1.29 is 14.6 Å². The van der Waals surface area contributed by atoms with Crippen LogP contribution in [0.2, 0.25) is 0 Å². The molecule has 0 radical (unpaired) electrons. The highest BCUT2D eigenvalue weighted by atomic mass is 16.4. The molecule has 0 saturated heterocycles. The molecule has 0 atom stereocenters. The molecule has 0 saturated carbocycles. The van der Waals surface area contributed by atoms with Crippen molar-refractivity contribution in [2.75, 3.05) is 0 Å². The van der Waals surface area contributed by atoms with Gasteiger partial charge >= 0.3 is 5.97 Å². The summed E-state index contributed by atoms with van der Waals surface area (Å²) in [4.78, 5) is 10.6. The number of carboxylic acids is 1. The Morgan fingerprint density at radius 2 is 2.12 bits per heavy atom. The van der Waals surface area contributed by atoms with Crippen molar-refractivity contribution in [3.05, 3.63) is 35.5 Å². The van der Waals surface area contributed by atoms with E-state index in [0.717, 1.165) is 22.0 Å². The molecule has 1 heterocycles. The number of aliphatic carboxylic acids is 1. The van der Waals surface area contributed by atoms with Crippen molar-refractivity contribution in [2.45, 2.75) is 20.4 Å². The number of aryl methyl sites for hydroxylation is 2. The van der Waals surface area contributed by atoms with E-state index in [9.17, 15) is 4.79 Å². The van der Waals surface area contributed by atoms with Crippen LogP contribution in [0.4, 0.5) is 0 Å². The van der Waals surface area contributed by atoms with Gasteiger partial charge < -0.3 is 5.11 Å². The Labute approximate surface area is 93.1 Å². The molecule has 82 valence electrons. The van der Waals surface area contributed by atoms with Gasteiger partial charge in [0.15, 0.2) is 0 Å². The average molecular weight is 217 g/mol. The van der Waals surface area contributed by atoms with Crippen molar-refractivity contribution in [2.24, 2.45) is 0 Å². The molecular formula is C12H13N2O2+. The van der Waals surface area contributed by atoms with Gasteiger partial charge in [0.25, 0.3) is 6.54 Å². The fraction of sp³-hybridized carbons (Fsp3) is 0.250. The maximum Gasteiger partial charge on any atom is 0.372 e. The van der Waals surface area contributed by atoms with E-state index in [2.05, 4.69) is 5.10 Å². The van der Waals surface area contributed by atoms with Gasteiger partial charge in [-0.1, -0.05) is 22.9 Å². The summed E-state index contributed by atoms with van der Waals surface area (Å²) in [5.41, 5.74) is 2.96. The fourth-order valence-corrected chi connectivity index (χ4v) is 1.78. The SMILES string of the molecule is Cc1c[n+](CC(=O)O)nc2c(C)cccc12. The van der Waals surface area contributed by atoms with Crippen LogP contribution in [0.3, 0.4) is 0 Å². The predicted molar refractivity (Wildman–Crippen MR) is 59.0 cm³/mol. The summed E-state index contributed by atoms with van der Waals surface area (Å²) >= 11 is 0. The van der Waals surface area contributed by atoms with Crippen LogP contribution in [-0.4, -0.2) is 16.2 Å². The normalized spacial score (nSPS) is 10.6. The van der Waals surface area contributed by atoms with E-state index in [-0.39, 0.29) is 6.54 Å². The molecular weight excluding hydrogens is 204 g/mol.